The van der Waals surface area contributed by atoms with Gasteiger partial charge in [0.2, 0.25) is 0 Å². The average Bonchev–Trinajstić information content (AvgIpc) is 3.50. The fourth-order valence-corrected chi connectivity index (χ4v) is 5.11. The quantitative estimate of drug-likeness (QED) is 0.363. The van der Waals surface area contributed by atoms with E-state index in [0.717, 1.165) is 33.7 Å². The van der Waals surface area contributed by atoms with Gasteiger partial charge in [0.05, 0.1) is 12.2 Å². The van der Waals surface area contributed by atoms with Gasteiger partial charge in [-0.05, 0) is 66.2 Å². The van der Waals surface area contributed by atoms with Crippen LogP contribution in [0.15, 0.2) is 59.5 Å². The third-order valence-corrected chi connectivity index (χ3v) is 6.98. The van der Waals surface area contributed by atoms with Crippen LogP contribution in [0.2, 0.25) is 0 Å². The highest BCUT2D eigenvalue weighted by molar-refractivity contribution is 7.10. The van der Waals surface area contributed by atoms with Gasteiger partial charge in [0.1, 0.15) is 17.6 Å². The molecule has 1 N–H and O–H groups in total. The van der Waals surface area contributed by atoms with Crippen molar-refractivity contribution in [2.24, 2.45) is 0 Å². The molecular formula is C25H21NO4S. The van der Waals surface area contributed by atoms with E-state index in [4.69, 9.17) is 4.74 Å². The number of aryl methyl sites for hydroxylation is 1. The van der Waals surface area contributed by atoms with Gasteiger partial charge >= 0.3 is 0 Å². The Kier molecular flexibility index (Phi) is 4.67. The molecule has 1 unspecified atom stereocenters. The van der Waals surface area contributed by atoms with E-state index in [1.54, 1.807) is 12.1 Å². The lowest BCUT2D eigenvalue weighted by molar-refractivity contribution is -0.132. The number of rotatable bonds is 3. The van der Waals surface area contributed by atoms with Crippen LogP contribution in [0.25, 0.3) is 5.76 Å². The summed E-state index contributed by atoms with van der Waals surface area (Å²) in [5.74, 6) is -0.659. The van der Waals surface area contributed by atoms with Crippen molar-refractivity contribution in [3.63, 3.8) is 0 Å². The van der Waals surface area contributed by atoms with Crippen molar-refractivity contribution in [3.05, 3.63) is 86.6 Å². The van der Waals surface area contributed by atoms with Crippen LogP contribution in [0.3, 0.4) is 0 Å². The van der Waals surface area contributed by atoms with Crippen LogP contribution in [0.1, 0.15) is 33.2 Å². The Labute approximate surface area is 184 Å². The van der Waals surface area contributed by atoms with Crippen LogP contribution >= 0.6 is 11.3 Å². The molecule has 1 fully saturated rings. The van der Waals surface area contributed by atoms with Gasteiger partial charge in [-0.1, -0.05) is 18.2 Å². The van der Waals surface area contributed by atoms with Gasteiger partial charge in [0, 0.05) is 22.5 Å². The summed E-state index contributed by atoms with van der Waals surface area (Å²) in [5.41, 5.74) is 4.27. The normalized spacial score (nSPS) is 19.5. The van der Waals surface area contributed by atoms with Crippen LogP contribution in [0.4, 0.5) is 5.69 Å². The fraction of sp³-hybridized carbons (Fsp3) is 0.200. The van der Waals surface area contributed by atoms with E-state index >= 15 is 0 Å². The first-order valence-electron chi connectivity index (χ1n) is 10.1. The molecular weight excluding hydrogens is 410 g/mol. The zero-order valence-corrected chi connectivity index (χ0v) is 18.0. The van der Waals surface area contributed by atoms with E-state index < -0.39 is 17.7 Å². The molecule has 1 saturated heterocycles. The molecule has 1 aromatic heterocycles. The Hall–Kier alpha value is -3.38. The third kappa shape index (κ3) is 3.06. The van der Waals surface area contributed by atoms with Gasteiger partial charge in [-0.25, -0.2) is 0 Å². The van der Waals surface area contributed by atoms with Crippen molar-refractivity contribution < 1.29 is 19.4 Å². The number of ketones is 1. The predicted molar refractivity (Wildman–Crippen MR) is 121 cm³/mol. The van der Waals surface area contributed by atoms with E-state index in [0.29, 0.717) is 17.9 Å². The molecule has 0 aliphatic carbocycles. The Morgan fingerprint density at radius 3 is 2.74 bits per heavy atom. The minimum absolute atomic E-state index is 0.118. The predicted octanol–water partition coefficient (Wildman–Crippen LogP) is 4.93. The Bertz CT molecular complexity index is 1240. The number of amides is 1. The number of hydrogen-bond donors (Lipinski definition) is 1. The lowest BCUT2D eigenvalue weighted by Crippen LogP contribution is -2.29. The van der Waals surface area contributed by atoms with Gasteiger partial charge in [0.15, 0.2) is 0 Å². The van der Waals surface area contributed by atoms with Gasteiger partial charge in [-0.15, -0.1) is 11.3 Å². The molecule has 2 aliphatic rings. The minimum atomic E-state index is -0.676. The Morgan fingerprint density at radius 2 is 1.97 bits per heavy atom. The second-order valence-corrected chi connectivity index (χ2v) is 8.80. The van der Waals surface area contributed by atoms with Gasteiger partial charge in [0.25, 0.3) is 11.7 Å². The first-order valence-corrected chi connectivity index (χ1v) is 11.0. The SMILES string of the molecule is Cc1cccc(N2C(=O)C(=O)/C(=C(\O)c3ccc4c(c3)CCO4)C2c2cccs2)c1C. The molecule has 0 bridgehead atoms. The highest BCUT2D eigenvalue weighted by Gasteiger charge is 2.47. The first kappa shape index (κ1) is 19.6. The second-order valence-electron chi connectivity index (χ2n) is 7.82. The van der Waals surface area contributed by atoms with Crippen molar-refractivity contribution >= 4 is 34.5 Å². The topological polar surface area (TPSA) is 66.8 Å². The zero-order valence-electron chi connectivity index (χ0n) is 17.2. The fourth-order valence-electron chi connectivity index (χ4n) is 4.28. The van der Waals surface area contributed by atoms with E-state index in [1.807, 2.05) is 55.6 Å². The van der Waals surface area contributed by atoms with Crippen molar-refractivity contribution in [2.75, 3.05) is 11.5 Å². The molecule has 0 radical (unpaired) electrons. The smallest absolute Gasteiger partial charge is 0.300 e. The number of carbonyl (C=O) groups excluding carboxylic acids is 2. The molecule has 3 heterocycles. The summed E-state index contributed by atoms with van der Waals surface area (Å²) in [5, 5.41) is 13.1. The van der Waals surface area contributed by atoms with Crippen LogP contribution < -0.4 is 9.64 Å². The molecule has 3 aromatic rings. The van der Waals surface area contributed by atoms with Crippen molar-refractivity contribution in [2.45, 2.75) is 26.3 Å². The number of anilines is 1. The van der Waals surface area contributed by atoms with Gasteiger partial charge < -0.3 is 9.84 Å². The number of carbonyl (C=O) groups is 2. The van der Waals surface area contributed by atoms with Crippen molar-refractivity contribution in [3.8, 4) is 5.75 Å². The molecule has 5 nitrogen and oxygen atoms in total. The Morgan fingerprint density at radius 1 is 1.13 bits per heavy atom. The number of nitrogens with zero attached hydrogens (tertiary/aromatic N) is 1. The molecule has 2 aliphatic heterocycles. The summed E-state index contributed by atoms with van der Waals surface area (Å²) in [7, 11) is 0. The number of fused-ring (bicyclic) bond motifs is 1. The van der Waals surface area contributed by atoms with Crippen LogP contribution in [0.5, 0.6) is 5.75 Å². The summed E-state index contributed by atoms with van der Waals surface area (Å²) in [6.45, 7) is 4.52. The van der Waals surface area contributed by atoms with E-state index in [9.17, 15) is 14.7 Å². The molecule has 6 heteroatoms. The van der Waals surface area contributed by atoms with E-state index in [2.05, 4.69) is 0 Å². The first-order chi connectivity index (χ1) is 15.0. The number of thiophene rings is 1. The molecule has 0 saturated carbocycles. The number of aliphatic hydroxyl groups is 1. The largest absolute Gasteiger partial charge is 0.507 e. The zero-order chi connectivity index (χ0) is 21.7. The molecule has 1 amide bonds. The number of hydrogen-bond acceptors (Lipinski definition) is 5. The molecule has 0 spiro atoms. The summed E-state index contributed by atoms with van der Waals surface area (Å²) in [4.78, 5) is 28.8. The van der Waals surface area contributed by atoms with Crippen LogP contribution in [-0.4, -0.2) is 23.4 Å². The molecule has 5 rings (SSSR count). The number of aliphatic hydroxyl groups excluding tert-OH is 1. The van der Waals surface area contributed by atoms with Gasteiger partial charge in [-0.2, -0.15) is 0 Å². The van der Waals surface area contributed by atoms with Gasteiger partial charge in [-0.3, -0.25) is 14.5 Å². The second kappa shape index (κ2) is 7.39. The molecule has 31 heavy (non-hydrogen) atoms. The summed E-state index contributed by atoms with van der Waals surface area (Å²) in [6.07, 6.45) is 0.752. The molecule has 1 atom stereocenters. The van der Waals surface area contributed by atoms with Crippen LogP contribution in [0, 0.1) is 13.8 Å². The van der Waals surface area contributed by atoms with E-state index in [-0.39, 0.29) is 11.3 Å². The number of benzene rings is 2. The lowest BCUT2D eigenvalue weighted by atomic mass is 9.98. The van der Waals surface area contributed by atoms with Crippen molar-refractivity contribution in [1.82, 2.24) is 0 Å². The summed E-state index contributed by atoms with van der Waals surface area (Å²) >= 11 is 1.46. The van der Waals surface area contributed by atoms with Crippen molar-refractivity contribution in [1.29, 1.82) is 0 Å². The lowest BCUT2D eigenvalue weighted by Gasteiger charge is -2.26. The molecule has 156 valence electrons. The minimum Gasteiger partial charge on any atom is -0.507 e. The maximum Gasteiger partial charge on any atom is 0.300 e. The van der Waals surface area contributed by atoms with E-state index in [1.165, 1.54) is 16.2 Å². The maximum atomic E-state index is 13.2. The summed E-state index contributed by atoms with van der Waals surface area (Å²) < 4.78 is 5.55. The monoisotopic (exact) mass is 431 g/mol. The summed E-state index contributed by atoms with van der Waals surface area (Å²) in [6, 6.07) is 14.2. The average molecular weight is 432 g/mol. The maximum absolute atomic E-state index is 13.2. The highest BCUT2D eigenvalue weighted by Crippen LogP contribution is 2.45. The van der Waals surface area contributed by atoms with Crippen LogP contribution in [-0.2, 0) is 16.0 Å². The Balaban J connectivity index is 1.71. The highest BCUT2D eigenvalue weighted by atomic mass is 32.1. The number of ether oxygens (including phenoxy) is 1. The number of Topliss-reactive ketones (excluding diaryl/α,β-unsaturated/α-hetero) is 1. The standard InChI is InChI=1S/C25H21NO4S/c1-14-5-3-6-18(15(14)2)26-22(20-7-4-12-31-20)21(24(28)25(26)29)23(27)17-8-9-19-16(13-17)10-11-30-19/h3-9,12-13,22,27H,10-11H2,1-2H3/b23-21-. The third-order valence-electron chi connectivity index (χ3n) is 6.06. The molecule has 2 aromatic carbocycles.